The number of fused-ring (bicyclic) bond motifs is 1. The van der Waals surface area contributed by atoms with Gasteiger partial charge in [-0.05, 0) is 31.2 Å². The summed E-state index contributed by atoms with van der Waals surface area (Å²) in [5, 5.41) is 12.1. The van der Waals surface area contributed by atoms with Crippen LogP contribution in [0.1, 0.15) is 6.92 Å². The maximum absolute atomic E-state index is 14.3. The van der Waals surface area contributed by atoms with Crippen molar-refractivity contribution in [2.75, 3.05) is 10.3 Å². The molecule has 4 unspecified atom stereocenters. The molecule has 2 aliphatic heterocycles. The second-order valence-electron chi connectivity index (χ2n) is 7.21. The van der Waals surface area contributed by atoms with Crippen molar-refractivity contribution >= 4 is 23.2 Å². The van der Waals surface area contributed by atoms with Crippen LogP contribution in [0.5, 0.6) is 0 Å². The lowest BCUT2D eigenvalue weighted by atomic mass is 9.92. The lowest BCUT2D eigenvalue weighted by Crippen LogP contribution is -2.57. The molecule has 2 amide bonds. The normalized spacial score (nSPS) is 25.0. The minimum absolute atomic E-state index is 0.155. The third-order valence-electron chi connectivity index (χ3n) is 5.33. The van der Waals surface area contributed by atoms with E-state index in [-0.39, 0.29) is 11.6 Å². The summed E-state index contributed by atoms with van der Waals surface area (Å²) in [5.41, 5.74) is 3.58. The standard InChI is InChI=1S/C23H22FN3O3/c1-2-8-20(28)19-14-13-16-21(27(19)25-18-12-7-6-11-17(18)24)23(30)26(22(16)29)15-9-4-3-5-10-15/h2-14,16,19-21,25,28H,1H3. The van der Waals surface area contributed by atoms with Gasteiger partial charge in [-0.15, -0.1) is 0 Å². The Morgan fingerprint density at radius 1 is 1.03 bits per heavy atom. The number of halogens is 1. The van der Waals surface area contributed by atoms with Crippen LogP contribution in [0.25, 0.3) is 0 Å². The minimum atomic E-state index is -0.958. The number of aliphatic hydroxyl groups excluding tert-OH is 1. The SMILES string of the molecule is CC=CC(O)C1C=CC2C(=O)N(c3ccccc3)C(=O)C2N1Nc1ccccc1F. The van der Waals surface area contributed by atoms with Gasteiger partial charge in [0.05, 0.1) is 29.4 Å². The number of allylic oxidation sites excluding steroid dienone is 1. The maximum atomic E-state index is 14.3. The van der Waals surface area contributed by atoms with Crippen molar-refractivity contribution in [1.82, 2.24) is 5.01 Å². The topological polar surface area (TPSA) is 72.9 Å². The molecule has 154 valence electrons. The molecule has 2 N–H and O–H groups in total. The third-order valence-corrected chi connectivity index (χ3v) is 5.33. The number of rotatable bonds is 5. The zero-order valence-corrected chi connectivity index (χ0v) is 16.4. The van der Waals surface area contributed by atoms with E-state index in [4.69, 9.17) is 0 Å². The number of carbonyl (C=O) groups is 2. The van der Waals surface area contributed by atoms with Crippen molar-refractivity contribution in [3.05, 3.63) is 84.7 Å². The van der Waals surface area contributed by atoms with Crippen LogP contribution in [0.4, 0.5) is 15.8 Å². The molecule has 4 atom stereocenters. The molecular formula is C23H22FN3O3. The second kappa shape index (κ2) is 8.22. The van der Waals surface area contributed by atoms with Crippen LogP contribution in [0.15, 0.2) is 78.9 Å². The van der Waals surface area contributed by atoms with Crippen LogP contribution in [0, 0.1) is 11.7 Å². The van der Waals surface area contributed by atoms with Crippen LogP contribution < -0.4 is 10.3 Å². The van der Waals surface area contributed by atoms with Gasteiger partial charge in [0, 0.05) is 0 Å². The van der Waals surface area contributed by atoms with E-state index in [0.717, 1.165) is 4.90 Å². The first kappa shape index (κ1) is 20.0. The van der Waals surface area contributed by atoms with Gasteiger partial charge in [0.1, 0.15) is 11.9 Å². The Kier molecular flexibility index (Phi) is 5.48. The smallest absolute Gasteiger partial charge is 0.254 e. The molecule has 7 heteroatoms. The van der Waals surface area contributed by atoms with Gasteiger partial charge in [-0.1, -0.05) is 54.6 Å². The Labute approximate surface area is 173 Å². The number of carbonyl (C=O) groups excluding carboxylic acids is 2. The van der Waals surface area contributed by atoms with Crippen LogP contribution >= 0.6 is 0 Å². The Hall–Kier alpha value is -3.29. The third kappa shape index (κ3) is 3.42. The fourth-order valence-corrected chi connectivity index (χ4v) is 3.93. The van der Waals surface area contributed by atoms with Crippen molar-refractivity contribution < 1.29 is 19.1 Å². The van der Waals surface area contributed by atoms with E-state index < -0.39 is 35.8 Å². The van der Waals surface area contributed by atoms with E-state index >= 15 is 0 Å². The van der Waals surface area contributed by atoms with Gasteiger partial charge in [-0.3, -0.25) is 9.59 Å². The average Bonchev–Trinajstić information content (AvgIpc) is 3.01. The van der Waals surface area contributed by atoms with Crippen molar-refractivity contribution in [2.45, 2.75) is 25.1 Å². The van der Waals surface area contributed by atoms with E-state index in [1.165, 1.54) is 17.1 Å². The molecule has 4 rings (SSSR count). The predicted octanol–water partition coefficient (Wildman–Crippen LogP) is 2.89. The Morgan fingerprint density at radius 3 is 2.43 bits per heavy atom. The largest absolute Gasteiger partial charge is 0.387 e. The van der Waals surface area contributed by atoms with Crippen LogP contribution in [-0.4, -0.2) is 40.1 Å². The Morgan fingerprint density at radius 2 is 1.73 bits per heavy atom. The number of benzene rings is 2. The zero-order valence-electron chi connectivity index (χ0n) is 16.4. The van der Waals surface area contributed by atoms with Crippen LogP contribution in [-0.2, 0) is 9.59 Å². The number of anilines is 2. The first-order chi connectivity index (χ1) is 14.5. The van der Waals surface area contributed by atoms with Gasteiger partial charge in [0.15, 0.2) is 0 Å². The first-order valence-corrected chi connectivity index (χ1v) is 9.74. The van der Waals surface area contributed by atoms with Crippen molar-refractivity contribution in [1.29, 1.82) is 0 Å². The average molecular weight is 407 g/mol. The summed E-state index contributed by atoms with van der Waals surface area (Å²) in [6.45, 7) is 1.77. The molecule has 0 bridgehead atoms. The quantitative estimate of drug-likeness (QED) is 0.589. The lowest BCUT2D eigenvalue weighted by molar-refractivity contribution is -0.123. The number of hydrogen-bond donors (Lipinski definition) is 2. The molecule has 0 radical (unpaired) electrons. The molecule has 1 fully saturated rings. The van der Waals surface area contributed by atoms with Crippen molar-refractivity contribution in [2.24, 2.45) is 5.92 Å². The molecular weight excluding hydrogens is 385 g/mol. The van der Waals surface area contributed by atoms with Gasteiger partial charge < -0.3 is 10.5 Å². The van der Waals surface area contributed by atoms with Crippen LogP contribution in [0.3, 0.4) is 0 Å². The molecule has 30 heavy (non-hydrogen) atoms. The number of imide groups is 1. The van der Waals surface area contributed by atoms with Gasteiger partial charge in [-0.25, -0.2) is 14.3 Å². The fraction of sp³-hybridized carbons (Fsp3) is 0.217. The van der Waals surface area contributed by atoms with Gasteiger partial charge in [-0.2, -0.15) is 0 Å². The number of hydrogen-bond acceptors (Lipinski definition) is 5. The zero-order chi connectivity index (χ0) is 21.3. The predicted molar refractivity (Wildman–Crippen MR) is 112 cm³/mol. The maximum Gasteiger partial charge on any atom is 0.254 e. The van der Waals surface area contributed by atoms with E-state index in [0.29, 0.717) is 5.69 Å². The summed E-state index contributed by atoms with van der Waals surface area (Å²) in [4.78, 5) is 27.6. The highest BCUT2D eigenvalue weighted by Crippen LogP contribution is 2.35. The number of amides is 2. The van der Waals surface area contributed by atoms with E-state index in [1.807, 2.05) is 0 Å². The molecule has 0 aromatic heterocycles. The number of aliphatic hydroxyl groups is 1. The lowest BCUT2D eigenvalue weighted by Gasteiger charge is -2.40. The minimum Gasteiger partial charge on any atom is -0.387 e. The Bertz CT molecular complexity index is 1010. The number of nitrogens with one attached hydrogen (secondary N) is 1. The van der Waals surface area contributed by atoms with Gasteiger partial charge >= 0.3 is 0 Å². The van der Waals surface area contributed by atoms with E-state index in [1.54, 1.807) is 73.7 Å². The van der Waals surface area contributed by atoms with Crippen molar-refractivity contribution in [3.63, 3.8) is 0 Å². The van der Waals surface area contributed by atoms with Gasteiger partial charge in [0.25, 0.3) is 5.91 Å². The summed E-state index contributed by atoms with van der Waals surface area (Å²) in [6, 6.07) is 13.2. The fourth-order valence-electron chi connectivity index (χ4n) is 3.93. The molecule has 2 aliphatic rings. The first-order valence-electron chi connectivity index (χ1n) is 9.74. The molecule has 2 aromatic carbocycles. The molecule has 6 nitrogen and oxygen atoms in total. The number of hydrazine groups is 1. The summed E-state index contributed by atoms with van der Waals surface area (Å²) >= 11 is 0. The van der Waals surface area contributed by atoms with E-state index in [2.05, 4.69) is 5.43 Å². The number of nitrogens with zero attached hydrogens (tertiary/aromatic N) is 2. The Balaban J connectivity index is 1.75. The second-order valence-corrected chi connectivity index (χ2v) is 7.21. The summed E-state index contributed by atoms with van der Waals surface area (Å²) in [6.07, 6.45) is 5.66. The molecule has 1 saturated heterocycles. The highest BCUT2D eigenvalue weighted by atomic mass is 19.1. The van der Waals surface area contributed by atoms with Crippen molar-refractivity contribution in [3.8, 4) is 0 Å². The highest BCUT2D eigenvalue weighted by Gasteiger charge is 2.53. The molecule has 2 heterocycles. The molecule has 2 aromatic rings. The number of para-hydroxylation sites is 2. The van der Waals surface area contributed by atoms with Crippen LogP contribution in [0.2, 0.25) is 0 Å². The van der Waals surface area contributed by atoms with E-state index in [9.17, 15) is 19.1 Å². The molecule has 0 saturated carbocycles. The summed E-state index contributed by atoms with van der Waals surface area (Å²) in [5.74, 6) is -2.03. The summed E-state index contributed by atoms with van der Waals surface area (Å²) < 4.78 is 14.3. The summed E-state index contributed by atoms with van der Waals surface area (Å²) in [7, 11) is 0. The van der Waals surface area contributed by atoms with Gasteiger partial charge in [0.2, 0.25) is 5.91 Å². The molecule has 0 aliphatic carbocycles. The monoisotopic (exact) mass is 407 g/mol. The highest BCUT2D eigenvalue weighted by molar-refractivity contribution is 6.24. The molecule has 0 spiro atoms.